The summed E-state index contributed by atoms with van der Waals surface area (Å²) in [7, 11) is 0. The Morgan fingerprint density at radius 1 is 1.30 bits per heavy atom. The maximum atomic E-state index is 12.7. The van der Waals surface area contributed by atoms with E-state index in [-0.39, 0.29) is 5.56 Å². The van der Waals surface area contributed by atoms with Gasteiger partial charge in [-0.05, 0) is 42.1 Å². The average molecular weight is 296 g/mol. The van der Waals surface area contributed by atoms with Crippen LogP contribution in [0.1, 0.15) is 21.6 Å². The van der Waals surface area contributed by atoms with E-state index < -0.39 is 11.7 Å². The summed E-state index contributed by atoms with van der Waals surface area (Å²) in [6.07, 6.45) is -4.51. The van der Waals surface area contributed by atoms with Crippen LogP contribution in [0.3, 0.4) is 0 Å². The third-order valence-corrected chi connectivity index (χ3v) is 3.89. The molecular weight excluding hydrogens is 285 g/mol. The SMILES string of the molecule is Cc1ccsc1CNc1ccc(C(F)(F)F)c(C#N)c1. The first-order valence-electron chi connectivity index (χ1n) is 5.80. The van der Waals surface area contributed by atoms with Crippen molar-refractivity contribution in [1.82, 2.24) is 0 Å². The van der Waals surface area contributed by atoms with Gasteiger partial charge in [-0.25, -0.2) is 0 Å². The molecule has 0 atom stereocenters. The van der Waals surface area contributed by atoms with Gasteiger partial charge in [0.2, 0.25) is 0 Å². The van der Waals surface area contributed by atoms with Crippen molar-refractivity contribution in [3.8, 4) is 6.07 Å². The number of alkyl halides is 3. The van der Waals surface area contributed by atoms with Crippen molar-refractivity contribution < 1.29 is 13.2 Å². The Labute approximate surface area is 118 Å². The van der Waals surface area contributed by atoms with Crippen molar-refractivity contribution in [1.29, 1.82) is 5.26 Å². The molecule has 0 unspecified atom stereocenters. The van der Waals surface area contributed by atoms with Crippen molar-refractivity contribution in [2.75, 3.05) is 5.32 Å². The van der Waals surface area contributed by atoms with Gasteiger partial charge in [-0.3, -0.25) is 0 Å². The van der Waals surface area contributed by atoms with E-state index in [1.165, 1.54) is 12.1 Å². The predicted molar refractivity (Wildman–Crippen MR) is 72.5 cm³/mol. The number of hydrogen-bond donors (Lipinski definition) is 1. The summed E-state index contributed by atoms with van der Waals surface area (Å²) >= 11 is 1.58. The van der Waals surface area contributed by atoms with E-state index >= 15 is 0 Å². The van der Waals surface area contributed by atoms with Crippen LogP contribution in [0.25, 0.3) is 0 Å². The molecule has 1 heterocycles. The summed E-state index contributed by atoms with van der Waals surface area (Å²) in [5, 5.41) is 13.8. The lowest BCUT2D eigenvalue weighted by Crippen LogP contribution is -2.08. The predicted octanol–water partition coefficient (Wildman–Crippen LogP) is 4.56. The number of benzene rings is 1. The third-order valence-electron chi connectivity index (χ3n) is 2.87. The number of hydrogen-bond acceptors (Lipinski definition) is 3. The van der Waals surface area contributed by atoms with Crippen LogP contribution in [0.15, 0.2) is 29.6 Å². The van der Waals surface area contributed by atoms with Crippen molar-refractivity contribution in [2.24, 2.45) is 0 Å². The number of nitrogens with one attached hydrogen (secondary N) is 1. The number of anilines is 1. The number of nitrogens with zero attached hydrogens (tertiary/aromatic N) is 1. The van der Waals surface area contributed by atoms with Crippen molar-refractivity contribution in [2.45, 2.75) is 19.6 Å². The number of aryl methyl sites for hydroxylation is 1. The van der Waals surface area contributed by atoms with E-state index in [1.54, 1.807) is 17.4 Å². The first-order valence-corrected chi connectivity index (χ1v) is 6.68. The normalized spacial score (nSPS) is 11.2. The highest BCUT2D eigenvalue weighted by Gasteiger charge is 2.33. The van der Waals surface area contributed by atoms with Crippen LogP contribution in [0.5, 0.6) is 0 Å². The summed E-state index contributed by atoms with van der Waals surface area (Å²) in [6, 6.07) is 7.07. The Hall–Kier alpha value is -2.00. The van der Waals surface area contributed by atoms with E-state index in [0.717, 1.165) is 16.5 Å². The van der Waals surface area contributed by atoms with Crippen LogP contribution in [0, 0.1) is 18.3 Å². The summed E-state index contributed by atoms with van der Waals surface area (Å²) in [6.45, 7) is 2.50. The Morgan fingerprint density at radius 3 is 2.60 bits per heavy atom. The largest absolute Gasteiger partial charge is 0.417 e. The van der Waals surface area contributed by atoms with Gasteiger partial charge in [0, 0.05) is 17.1 Å². The van der Waals surface area contributed by atoms with Gasteiger partial charge < -0.3 is 5.32 Å². The van der Waals surface area contributed by atoms with Crippen molar-refractivity contribution in [3.05, 3.63) is 51.2 Å². The first-order chi connectivity index (χ1) is 9.41. The molecule has 0 fully saturated rings. The molecule has 104 valence electrons. The molecule has 1 aromatic carbocycles. The third kappa shape index (κ3) is 3.11. The maximum Gasteiger partial charge on any atom is 0.417 e. The fourth-order valence-corrected chi connectivity index (χ4v) is 2.61. The maximum absolute atomic E-state index is 12.7. The van der Waals surface area contributed by atoms with Gasteiger partial charge in [0.1, 0.15) is 0 Å². The second kappa shape index (κ2) is 5.55. The topological polar surface area (TPSA) is 35.8 Å². The van der Waals surface area contributed by atoms with E-state index in [4.69, 9.17) is 5.26 Å². The molecule has 6 heteroatoms. The van der Waals surface area contributed by atoms with Crippen molar-refractivity contribution in [3.63, 3.8) is 0 Å². The molecular formula is C14H11F3N2S. The number of halogens is 3. The average Bonchev–Trinajstić information content (AvgIpc) is 2.80. The molecule has 0 spiro atoms. The highest BCUT2D eigenvalue weighted by Crippen LogP contribution is 2.33. The van der Waals surface area contributed by atoms with Crippen LogP contribution in [0.4, 0.5) is 18.9 Å². The molecule has 1 aromatic heterocycles. The molecule has 0 aliphatic carbocycles. The lowest BCUT2D eigenvalue weighted by atomic mass is 10.1. The minimum absolute atomic E-state index is 0.370. The minimum atomic E-state index is -4.51. The minimum Gasteiger partial charge on any atom is -0.380 e. The Balaban J connectivity index is 2.19. The fourth-order valence-electron chi connectivity index (χ4n) is 1.76. The Kier molecular flexibility index (Phi) is 4.00. The number of nitriles is 1. The van der Waals surface area contributed by atoms with Crippen LogP contribution >= 0.6 is 11.3 Å². The van der Waals surface area contributed by atoms with Gasteiger partial charge in [-0.2, -0.15) is 18.4 Å². The molecule has 2 rings (SSSR count). The summed E-state index contributed by atoms with van der Waals surface area (Å²) in [5.41, 5.74) is 0.362. The molecule has 2 aromatic rings. The summed E-state index contributed by atoms with van der Waals surface area (Å²) in [5.74, 6) is 0. The molecule has 2 nitrogen and oxygen atoms in total. The summed E-state index contributed by atoms with van der Waals surface area (Å²) < 4.78 is 38.0. The molecule has 0 saturated carbocycles. The second-order valence-corrected chi connectivity index (χ2v) is 5.25. The van der Waals surface area contributed by atoms with Crippen LogP contribution < -0.4 is 5.32 Å². The molecule has 1 N–H and O–H groups in total. The zero-order valence-electron chi connectivity index (χ0n) is 10.6. The van der Waals surface area contributed by atoms with Gasteiger partial charge in [-0.15, -0.1) is 11.3 Å². The lowest BCUT2D eigenvalue weighted by Gasteiger charge is -2.11. The van der Waals surface area contributed by atoms with E-state index in [1.807, 2.05) is 18.4 Å². The quantitative estimate of drug-likeness (QED) is 0.901. The van der Waals surface area contributed by atoms with Crippen LogP contribution in [0.2, 0.25) is 0 Å². The standard InChI is InChI=1S/C14H11F3N2S/c1-9-4-5-20-13(9)8-19-11-2-3-12(14(15,16)17)10(6-11)7-18/h2-6,19H,8H2,1H3. The second-order valence-electron chi connectivity index (χ2n) is 4.25. The fraction of sp³-hybridized carbons (Fsp3) is 0.214. The van der Waals surface area contributed by atoms with Crippen LogP contribution in [-0.4, -0.2) is 0 Å². The van der Waals surface area contributed by atoms with E-state index in [2.05, 4.69) is 5.32 Å². The van der Waals surface area contributed by atoms with Gasteiger partial charge in [0.25, 0.3) is 0 Å². The zero-order valence-corrected chi connectivity index (χ0v) is 11.4. The monoisotopic (exact) mass is 296 g/mol. The molecule has 0 aliphatic heterocycles. The number of thiophene rings is 1. The molecule has 0 aliphatic rings. The lowest BCUT2D eigenvalue weighted by molar-refractivity contribution is -0.137. The molecule has 0 amide bonds. The first kappa shape index (κ1) is 14.4. The Morgan fingerprint density at radius 2 is 2.05 bits per heavy atom. The van der Waals surface area contributed by atoms with Gasteiger partial charge in [0.05, 0.1) is 17.2 Å². The van der Waals surface area contributed by atoms with Gasteiger partial charge in [0.15, 0.2) is 0 Å². The zero-order chi connectivity index (χ0) is 14.8. The van der Waals surface area contributed by atoms with Gasteiger partial charge >= 0.3 is 6.18 Å². The van der Waals surface area contributed by atoms with E-state index in [9.17, 15) is 13.2 Å². The molecule has 0 radical (unpaired) electrons. The Bertz CT molecular complexity index is 653. The number of rotatable bonds is 3. The molecule has 0 saturated heterocycles. The molecule has 20 heavy (non-hydrogen) atoms. The van der Waals surface area contributed by atoms with E-state index in [0.29, 0.717) is 12.2 Å². The molecule has 0 bridgehead atoms. The summed E-state index contributed by atoms with van der Waals surface area (Å²) in [4.78, 5) is 1.11. The highest BCUT2D eigenvalue weighted by atomic mass is 32.1. The highest BCUT2D eigenvalue weighted by molar-refractivity contribution is 7.10. The van der Waals surface area contributed by atoms with Crippen LogP contribution in [-0.2, 0) is 12.7 Å². The van der Waals surface area contributed by atoms with Gasteiger partial charge in [-0.1, -0.05) is 0 Å². The van der Waals surface area contributed by atoms with Crippen molar-refractivity contribution >= 4 is 17.0 Å². The smallest absolute Gasteiger partial charge is 0.380 e.